The number of nitrogens with zero attached hydrogens (tertiary/aromatic N) is 1. The van der Waals surface area contributed by atoms with E-state index < -0.39 is 6.04 Å². The highest BCUT2D eigenvalue weighted by Crippen LogP contribution is 2.17. The van der Waals surface area contributed by atoms with Crippen molar-refractivity contribution in [3.05, 3.63) is 0 Å². The van der Waals surface area contributed by atoms with Gasteiger partial charge in [-0.3, -0.25) is 0 Å². The van der Waals surface area contributed by atoms with Crippen LogP contribution in [-0.2, 0) is 0 Å². The van der Waals surface area contributed by atoms with Crippen molar-refractivity contribution in [2.24, 2.45) is 10.9 Å². The molecule has 0 saturated heterocycles. The Morgan fingerprint density at radius 1 is 1.64 bits per heavy atom. The lowest BCUT2D eigenvalue weighted by Crippen LogP contribution is -2.51. The molecule has 6 nitrogen and oxygen atoms in total. The maximum atomic E-state index is 11.3. The van der Waals surface area contributed by atoms with E-state index in [9.17, 15) is 4.79 Å². The molecule has 2 amide bonds. The monoisotopic (exact) mass is 200 g/mol. The van der Waals surface area contributed by atoms with E-state index in [1.165, 1.54) is 6.42 Å². The largest absolute Gasteiger partial charge is 0.409 e. The van der Waals surface area contributed by atoms with Gasteiger partial charge in [-0.1, -0.05) is 5.16 Å². The summed E-state index contributed by atoms with van der Waals surface area (Å²) >= 11 is 0. The number of carbonyl (C=O) groups is 1. The van der Waals surface area contributed by atoms with Gasteiger partial charge >= 0.3 is 6.03 Å². The van der Waals surface area contributed by atoms with Gasteiger partial charge in [0.15, 0.2) is 5.84 Å². The first-order chi connectivity index (χ1) is 6.63. The summed E-state index contributed by atoms with van der Waals surface area (Å²) in [5, 5.41) is 16.5. The summed E-state index contributed by atoms with van der Waals surface area (Å²) in [5.41, 5.74) is 5.30. The van der Waals surface area contributed by atoms with Crippen LogP contribution in [0.15, 0.2) is 5.16 Å². The van der Waals surface area contributed by atoms with Gasteiger partial charge in [0.25, 0.3) is 0 Å². The molecule has 0 bridgehead atoms. The molecule has 0 aromatic carbocycles. The van der Waals surface area contributed by atoms with E-state index in [4.69, 9.17) is 10.9 Å². The molecule has 5 N–H and O–H groups in total. The zero-order valence-corrected chi connectivity index (χ0v) is 8.16. The Labute approximate surface area is 82.5 Å². The first kappa shape index (κ1) is 10.6. The second kappa shape index (κ2) is 4.69. The Morgan fingerprint density at radius 2 is 2.29 bits per heavy atom. The minimum atomic E-state index is -0.458. The summed E-state index contributed by atoms with van der Waals surface area (Å²) in [6, 6.07) is -0.441. The third-order valence-electron chi connectivity index (χ3n) is 2.35. The molecule has 0 heterocycles. The van der Waals surface area contributed by atoms with E-state index in [2.05, 4.69) is 15.8 Å². The fraction of sp³-hybridized carbons (Fsp3) is 0.750. The predicted octanol–water partition coefficient (Wildman–Crippen LogP) is -0.0270. The molecular formula is C8H16N4O2. The van der Waals surface area contributed by atoms with E-state index in [1.54, 1.807) is 6.92 Å². The van der Waals surface area contributed by atoms with Gasteiger partial charge in [0.05, 0.1) is 6.04 Å². The molecule has 0 spiro atoms. The Hall–Kier alpha value is -1.46. The normalized spacial score (nSPS) is 19.6. The molecule has 1 atom stereocenters. The van der Waals surface area contributed by atoms with Crippen molar-refractivity contribution in [1.82, 2.24) is 10.6 Å². The molecule has 6 heteroatoms. The Morgan fingerprint density at radius 3 is 2.71 bits per heavy atom. The predicted molar refractivity (Wildman–Crippen MR) is 52.2 cm³/mol. The number of rotatable bonds is 3. The standard InChI is InChI=1S/C8H16N4O2/c1-5(7(9)12-14)10-8(13)11-6-3-2-4-6/h5-6,14H,2-4H2,1H3,(H2,9,12)(H2,10,11,13). The number of hydrogen-bond donors (Lipinski definition) is 4. The summed E-state index contributed by atoms with van der Waals surface area (Å²) in [5.74, 6) is -0.00578. The molecule has 0 aromatic rings. The second-order valence-electron chi connectivity index (χ2n) is 3.49. The average molecular weight is 200 g/mol. The van der Waals surface area contributed by atoms with Gasteiger partial charge in [0, 0.05) is 6.04 Å². The van der Waals surface area contributed by atoms with Crippen molar-refractivity contribution in [1.29, 1.82) is 0 Å². The molecule has 14 heavy (non-hydrogen) atoms. The number of hydrogen-bond acceptors (Lipinski definition) is 3. The molecule has 0 radical (unpaired) electrons. The van der Waals surface area contributed by atoms with E-state index in [1.807, 2.05) is 0 Å². The molecule has 1 unspecified atom stereocenters. The van der Waals surface area contributed by atoms with Gasteiger partial charge in [-0.05, 0) is 26.2 Å². The molecule has 0 aromatic heterocycles. The van der Waals surface area contributed by atoms with Crippen molar-refractivity contribution in [2.75, 3.05) is 0 Å². The number of nitrogens with two attached hydrogens (primary N) is 1. The summed E-state index contributed by atoms with van der Waals surface area (Å²) in [6.45, 7) is 1.65. The minimum absolute atomic E-state index is 0.00578. The first-order valence-corrected chi connectivity index (χ1v) is 4.68. The lowest BCUT2D eigenvalue weighted by atomic mass is 9.93. The molecule has 1 aliphatic carbocycles. The molecule has 1 saturated carbocycles. The van der Waals surface area contributed by atoms with Crippen LogP contribution in [-0.4, -0.2) is 29.2 Å². The van der Waals surface area contributed by atoms with Crippen LogP contribution in [0.25, 0.3) is 0 Å². The van der Waals surface area contributed by atoms with Crippen LogP contribution in [0.5, 0.6) is 0 Å². The SMILES string of the molecule is CC(NC(=O)NC1CCC1)/C(N)=N/O. The fourth-order valence-corrected chi connectivity index (χ4v) is 1.14. The fourth-order valence-electron chi connectivity index (χ4n) is 1.14. The molecule has 1 fully saturated rings. The molecule has 80 valence electrons. The topological polar surface area (TPSA) is 99.7 Å². The van der Waals surface area contributed by atoms with E-state index in [-0.39, 0.29) is 17.9 Å². The van der Waals surface area contributed by atoms with Gasteiger partial charge < -0.3 is 21.6 Å². The van der Waals surface area contributed by atoms with E-state index in [0.717, 1.165) is 12.8 Å². The Bertz CT molecular complexity index is 237. The van der Waals surface area contributed by atoms with Crippen molar-refractivity contribution in [3.8, 4) is 0 Å². The smallest absolute Gasteiger partial charge is 0.315 e. The number of oxime groups is 1. The lowest BCUT2D eigenvalue weighted by molar-refractivity contribution is 0.227. The van der Waals surface area contributed by atoms with Crippen LogP contribution in [0.2, 0.25) is 0 Å². The highest BCUT2D eigenvalue weighted by Gasteiger charge is 2.20. The van der Waals surface area contributed by atoms with Crippen LogP contribution >= 0.6 is 0 Å². The quantitative estimate of drug-likeness (QED) is 0.223. The first-order valence-electron chi connectivity index (χ1n) is 4.68. The highest BCUT2D eigenvalue weighted by atomic mass is 16.4. The van der Waals surface area contributed by atoms with Crippen LogP contribution < -0.4 is 16.4 Å². The second-order valence-corrected chi connectivity index (χ2v) is 3.49. The minimum Gasteiger partial charge on any atom is -0.409 e. The van der Waals surface area contributed by atoms with E-state index >= 15 is 0 Å². The van der Waals surface area contributed by atoms with Crippen molar-refractivity contribution in [3.63, 3.8) is 0 Å². The number of amides is 2. The molecular weight excluding hydrogens is 184 g/mol. The van der Waals surface area contributed by atoms with E-state index in [0.29, 0.717) is 0 Å². The van der Waals surface area contributed by atoms with Gasteiger partial charge in [0.2, 0.25) is 0 Å². The van der Waals surface area contributed by atoms with Crippen LogP contribution in [0.1, 0.15) is 26.2 Å². The number of amidine groups is 1. The van der Waals surface area contributed by atoms with Crippen molar-refractivity contribution < 1.29 is 10.0 Å². The molecule has 1 rings (SSSR count). The Kier molecular flexibility index (Phi) is 3.55. The molecule has 0 aliphatic heterocycles. The van der Waals surface area contributed by atoms with Gasteiger partial charge in [-0.15, -0.1) is 0 Å². The van der Waals surface area contributed by atoms with Crippen molar-refractivity contribution in [2.45, 2.75) is 38.3 Å². The van der Waals surface area contributed by atoms with Gasteiger partial charge in [-0.2, -0.15) is 0 Å². The Balaban J connectivity index is 2.25. The summed E-state index contributed by atoms with van der Waals surface area (Å²) < 4.78 is 0. The average Bonchev–Trinajstić information content (AvgIpc) is 2.10. The molecule has 1 aliphatic rings. The van der Waals surface area contributed by atoms with Crippen LogP contribution in [0, 0.1) is 0 Å². The summed E-state index contributed by atoms with van der Waals surface area (Å²) in [7, 11) is 0. The number of nitrogens with one attached hydrogen (secondary N) is 2. The zero-order valence-electron chi connectivity index (χ0n) is 8.16. The maximum absolute atomic E-state index is 11.3. The number of carbonyl (C=O) groups excluding carboxylic acids is 1. The third kappa shape index (κ3) is 2.79. The van der Waals surface area contributed by atoms with Crippen LogP contribution in [0.3, 0.4) is 0 Å². The summed E-state index contributed by atoms with van der Waals surface area (Å²) in [4.78, 5) is 11.3. The summed E-state index contributed by atoms with van der Waals surface area (Å²) in [6.07, 6.45) is 3.23. The maximum Gasteiger partial charge on any atom is 0.315 e. The highest BCUT2D eigenvalue weighted by molar-refractivity contribution is 5.89. The van der Waals surface area contributed by atoms with Gasteiger partial charge in [0.1, 0.15) is 0 Å². The number of urea groups is 1. The third-order valence-corrected chi connectivity index (χ3v) is 2.35. The lowest BCUT2D eigenvalue weighted by Gasteiger charge is -2.27. The van der Waals surface area contributed by atoms with Crippen molar-refractivity contribution >= 4 is 11.9 Å². The van der Waals surface area contributed by atoms with Gasteiger partial charge in [-0.25, -0.2) is 4.79 Å². The van der Waals surface area contributed by atoms with Crippen LogP contribution in [0.4, 0.5) is 4.79 Å². The zero-order chi connectivity index (χ0) is 10.6.